The van der Waals surface area contributed by atoms with Crippen LogP contribution < -0.4 is 5.73 Å². The van der Waals surface area contributed by atoms with Gasteiger partial charge in [0.1, 0.15) is 0 Å². The number of hydrogen-bond acceptors (Lipinski definition) is 3. The summed E-state index contributed by atoms with van der Waals surface area (Å²) in [6.07, 6.45) is 6.67. The maximum absolute atomic E-state index is 11.0. The fraction of sp³-hybridized carbons (Fsp3) is 0.130. The third-order valence-corrected chi connectivity index (χ3v) is 4.95. The van der Waals surface area contributed by atoms with E-state index in [1.165, 1.54) is 16.5 Å². The van der Waals surface area contributed by atoms with Crippen molar-refractivity contribution >= 4 is 16.9 Å². The van der Waals surface area contributed by atoms with Crippen LogP contribution in [0.15, 0.2) is 79.3 Å². The van der Waals surface area contributed by atoms with Crippen molar-refractivity contribution in [2.75, 3.05) is 0 Å². The molecule has 2 aromatic heterocycles. The van der Waals surface area contributed by atoms with Crippen LogP contribution in [-0.2, 0) is 19.5 Å². The third-order valence-electron chi connectivity index (χ3n) is 4.95. The van der Waals surface area contributed by atoms with Crippen molar-refractivity contribution in [2.24, 2.45) is 5.73 Å². The van der Waals surface area contributed by atoms with Crippen LogP contribution in [-0.4, -0.2) is 25.9 Å². The van der Waals surface area contributed by atoms with E-state index in [2.05, 4.69) is 46.1 Å². The number of pyridine rings is 1. The molecular formula is C23H22N4O2. The first kappa shape index (κ1) is 18.7. The molecule has 0 radical (unpaired) electrons. The molecule has 0 bridgehead atoms. The molecule has 4 aromatic rings. The average molecular weight is 386 g/mol. The number of rotatable bonds is 6. The lowest BCUT2D eigenvalue weighted by atomic mass is 10.0. The fourth-order valence-electron chi connectivity index (χ4n) is 3.52. The molecule has 0 aliphatic heterocycles. The van der Waals surface area contributed by atoms with Crippen molar-refractivity contribution in [1.82, 2.24) is 14.6 Å². The zero-order valence-electron chi connectivity index (χ0n) is 15.9. The minimum Gasteiger partial charge on any atom is -0.350 e. The Morgan fingerprint density at radius 2 is 1.76 bits per heavy atom. The van der Waals surface area contributed by atoms with Crippen molar-refractivity contribution < 1.29 is 10.0 Å². The first-order valence-electron chi connectivity index (χ1n) is 9.39. The highest BCUT2D eigenvalue weighted by Crippen LogP contribution is 2.25. The van der Waals surface area contributed by atoms with E-state index >= 15 is 0 Å². The quantitative estimate of drug-likeness (QED) is 0.389. The number of amides is 2. The summed E-state index contributed by atoms with van der Waals surface area (Å²) in [7, 11) is 0. The van der Waals surface area contributed by atoms with E-state index in [9.17, 15) is 10.0 Å². The smallest absolute Gasteiger partial charge is 0.338 e. The van der Waals surface area contributed by atoms with Gasteiger partial charge in [0.25, 0.3) is 0 Å². The van der Waals surface area contributed by atoms with Gasteiger partial charge in [0.05, 0.1) is 6.54 Å². The topological polar surface area (TPSA) is 84.4 Å². The molecule has 0 saturated heterocycles. The van der Waals surface area contributed by atoms with E-state index in [0.717, 1.165) is 29.7 Å². The second-order valence-electron chi connectivity index (χ2n) is 7.05. The number of carbonyl (C=O) groups excluding carboxylic acids is 1. The van der Waals surface area contributed by atoms with Gasteiger partial charge in [-0.05, 0) is 40.8 Å². The third kappa shape index (κ3) is 4.28. The molecule has 6 nitrogen and oxygen atoms in total. The van der Waals surface area contributed by atoms with Crippen molar-refractivity contribution in [3.05, 3.63) is 102 Å². The zero-order valence-corrected chi connectivity index (χ0v) is 15.9. The summed E-state index contributed by atoms with van der Waals surface area (Å²) in [5.41, 5.74) is 10.6. The van der Waals surface area contributed by atoms with Gasteiger partial charge in [0.15, 0.2) is 0 Å². The second-order valence-corrected chi connectivity index (χ2v) is 7.05. The number of nitrogens with zero attached hydrogens (tertiary/aromatic N) is 3. The number of para-hydroxylation sites is 1. The van der Waals surface area contributed by atoms with Crippen LogP contribution in [0.2, 0.25) is 0 Å². The number of primary amides is 1. The molecule has 0 unspecified atom stereocenters. The minimum atomic E-state index is -0.865. The Labute approximate surface area is 168 Å². The van der Waals surface area contributed by atoms with E-state index in [1.807, 2.05) is 36.5 Å². The molecule has 0 spiro atoms. The van der Waals surface area contributed by atoms with Gasteiger partial charge in [-0.1, -0.05) is 48.5 Å². The first-order chi connectivity index (χ1) is 14.1. The Balaban J connectivity index is 1.57. The highest BCUT2D eigenvalue weighted by atomic mass is 16.5. The molecule has 2 aromatic carbocycles. The van der Waals surface area contributed by atoms with Crippen molar-refractivity contribution in [3.8, 4) is 0 Å². The van der Waals surface area contributed by atoms with Gasteiger partial charge in [-0.3, -0.25) is 10.2 Å². The summed E-state index contributed by atoms with van der Waals surface area (Å²) in [5, 5.41) is 11.2. The molecule has 0 saturated carbocycles. The summed E-state index contributed by atoms with van der Waals surface area (Å²) >= 11 is 0. The van der Waals surface area contributed by atoms with Crippen LogP contribution in [0.25, 0.3) is 10.9 Å². The lowest BCUT2D eigenvalue weighted by molar-refractivity contribution is -0.0470. The van der Waals surface area contributed by atoms with E-state index in [1.54, 1.807) is 6.20 Å². The van der Waals surface area contributed by atoms with Crippen molar-refractivity contribution in [1.29, 1.82) is 0 Å². The molecule has 2 heterocycles. The summed E-state index contributed by atoms with van der Waals surface area (Å²) in [6, 6.07) is 19.4. The van der Waals surface area contributed by atoms with Gasteiger partial charge in [0, 0.05) is 36.0 Å². The number of aromatic nitrogens is 2. The highest BCUT2D eigenvalue weighted by Gasteiger charge is 2.10. The standard InChI is InChI=1S/C23H22N4O2/c24-23(28)27(29)15-18-9-7-17(8-10-18)12-20-16-26(14-19-4-3-11-25-13-19)22-6-2-1-5-21(20)22/h1-11,13,16,29H,12,14-15H2,(H2,24,28). The summed E-state index contributed by atoms with van der Waals surface area (Å²) in [4.78, 5) is 15.2. The van der Waals surface area contributed by atoms with Gasteiger partial charge in [-0.25, -0.2) is 9.86 Å². The zero-order chi connectivity index (χ0) is 20.2. The SMILES string of the molecule is NC(=O)N(O)Cc1ccc(Cc2cn(Cc3cccnc3)c3ccccc23)cc1. The maximum atomic E-state index is 11.0. The minimum absolute atomic E-state index is 0.0695. The molecular weight excluding hydrogens is 364 g/mol. The molecule has 29 heavy (non-hydrogen) atoms. The monoisotopic (exact) mass is 386 g/mol. The number of nitrogens with two attached hydrogens (primary N) is 1. The number of carbonyl (C=O) groups is 1. The van der Waals surface area contributed by atoms with Crippen LogP contribution in [0.5, 0.6) is 0 Å². The highest BCUT2D eigenvalue weighted by molar-refractivity contribution is 5.84. The van der Waals surface area contributed by atoms with Crippen molar-refractivity contribution in [2.45, 2.75) is 19.5 Å². The molecule has 0 aliphatic carbocycles. The van der Waals surface area contributed by atoms with Gasteiger partial charge in [0.2, 0.25) is 0 Å². The van der Waals surface area contributed by atoms with Gasteiger partial charge < -0.3 is 10.3 Å². The molecule has 0 aliphatic rings. The number of hydroxylamine groups is 2. The Morgan fingerprint density at radius 3 is 2.48 bits per heavy atom. The van der Waals surface area contributed by atoms with E-state index in [0.29, 0.717) is 5.06 Å². The normalized spacial score (nSPS) is 10.9. The van der Waals surface area contributed by atoms with Crippen LogP contribution >= 0.6 is 0 Å². The molecule has 4 rings (SSSR count). The predicted octanol–water partition coefficient (Wildman–Crippen LogP) is 3.95. The Kier molecular flexibility index (Phi) is 5.27. The molecule has 3 N–H and O–H groups in total. The van der Waals surface area contributed by atoms with Gasteiger partial charge in [-0.15, -0.1) is 0 Å². The Hall–Kier alpha value is -3.64. The fourth-order valence-corrected chi connectivity index (χ4v) is 3.52. The molecule has 0 fully saturated rings. The average Bonchev–Trinajstić information content (AvgIpc) is 3.07. The van der Waals surface area contributed by atoms with E-state index in [-0.39, 0.29) is 6.54 Å². The molecule has 2 amide bonds. The lowest BCUT2D eigenvalue weighted by Gasteiger charge is -2.12. The van der Waals surface area contributed by atoms with Crippen LogP contribution in [0, 0.1) is 0 Å². The Morgan fingerprint density at radius 1 is 1.00 bits per heavy atom. The number of fused-ring (bicyclic) bond motifs is 1. The lowest BCUT2D eigenvalue weighted by Crippen LogP contribution is -2.31. The van der Waals surface area contributed by atoms with Crippen LogP contribution in [0.4, 0.5) is 4.79 Å². The number of benzene rings is 2. The van der Waals surface area contributed by atoms with Gasteiger partial charge >= 0.3 is 6.03 Å². The number of urea groups is 1. The number of hydrogen-bond donors (Lipinski definition) is 2. The summed E-state index contributed by atoms with van der Waals surface area (Å²) < 4.78 is 2.26. The van der Waals surface area contributed by atoms with Crippen LogP contribution in [0.1, 0.15) is 22.3 Å². The molecule has 0 atom stereocenters. The maximum Gasteiger partial charge on any atom is 0.338 e. The van der Waals surface area contributed by atoms with Crippen molar-refractivity contribution in [3.63, 3.8) is 0 Å². The Bertz CT molecular complexity index is 1120. The predicted molar refractivity (Wildman–Crippen MR) is 111 cm³/mol. The van der Waals surface area contributed by atoms with Gasteiger partial charge in [-0.2, -0.15) is 0 Å². The summed E-state index contributed by atoms with van der Waals surface area (Å²) in [6.45, 7) is 0.840. The second kappa shape index (κ2) is 8.16. The molecule has 146 valence electrons. The van der Waals surface area contributed by atoms with E-state index < -0.39 is 6.03 Å². The largest absolute Gasteiger partial charge is 0.350 e. The first-order valence-corrected chi connectivity index (χ1v) is 9.39. The van der Waals surface area contributed by atoms with Crippen LogP contribution in [0.3, 0.4) is 0 Å². The molecule has 6 heteroatoms. The summed E-state index contributed by atoms with van der Waals surface area (Å²) in [5.74, 6) is 0. The van der Waals surface area contributed by atoms with E-state index in [4.69, 9.17) is 5.73 Å².